The Kier molecular flexibility index (Phi) is 11.9. The number of hydrazone groups is 1. The van der Waals surface area contributed by atoms with Crippen LogP contribution in [0.15, 0.2) is 181 Å². The first kappa shape index (κ1) is 40.2. The van der Waals surface area contributed by atoms with Gasteiger partial charge in [0.15, 0.2) is 0 Å². The molecule has 0 aliphatic heterocycles. The molecule has 61 heavy (non-hydrogen) atoms. The largest absolute Gasteiger partial charge is 0.449 e. The Morgan fingerprint density at radius 2 is 1.25 bits per heavy atom. The number of ether oxygens (including phenoxy) is 1. The number of rotatable bonds is 14. The van der Waals surface area contributed by atoms with Gasteiger partial charge in [-0.3, -0.25) is 9.59 Å². The summed E-state index contributed by atoms with van der Waals surface area (Å²) < 4.78 is 7.93. The van der Waals surface area contributed by atoms with Gasteiger partial charge in [0.2, 0.25) is 0 Å². The number of aryl methyl sites for hydroxylation is 1. The van der Waals surface area contributed by atoms with Crippen molar-refractivity contribution in [1.29, 1.82) is 0 Å². The molecule has 1 aromatic heterocycles. The van der Waals surface area contributed by atoms with Crippen LogP contribution in [0.1, 0.15) is 57.5 Å². The van der Waals surface area contributed by atoms with E-state index in [-0.39, 0.29) is 24.7 Å². The van der Waals surface area contributed by atoms with Crippen molar-refractivity contribution < 1.29 is 19.1 Å². The summed E-state index contributed by atoms with van der Waals surface area (Å²) in [7, 11) is 0. The molecule has 7 aromatic rings. The van der Waals surface area contributed by atoms with Crippen molar-refractivity contribution in [3.8, 4) is 11.1 Å². The third-order valence-corrected chi connectivity index (χ3v) is 11.2. The predicted molar refractivity (Wildman–Crippen MR) is 237 cm³/mol. The molecule has 1 atom stereocenters. The van der Waals surface area contributed by atoms with Gasteiger partial charge < -0.3 is 19.9 Å². The van der Waals surface area contributed by atoms with Crippen LogP contribution >= 0.6 is 0 Å². The van der Waals surface area contributed by atoms with Gasteiger partial charge in [-0.15, -0.1) is 0 Å². The van der Waals surface area contributed by atoms with Crippen molar-refractivity contribution in [2.24, 2.45) is 5.10 Å². The molecule has 304 valence electrons. The Bertz CT molecular complexity index is 2520. The van der Waals surface area contributed by atoms with Gasteiger partial charge >= 0.3 is 6.09 Å². The number of benzene rings is 6. The molecule has 0 saturated carbocycles. The van der Waals surface area contributed by atoms with Crippen LogP contribution < -0.4 is 16.1 Å². The molecule has 6 aromatic carbocycles. The van der Waals surface area contributed by atoms with Crippen molar-refractivity contribution in [3.63, 3.8) is 0 Å². The van der Waals surface area contributed by atoms with E-state index in [4.69, 9.17) is 9.72 Å². The van der Waals surface area contributed by atoms with Gasteiger partial charge in [0.05, 0.1) is 12.0 Å². The lowest BCUT2D eigenvalue weighted by Gasteiger charge is -2.37. The quantitative estimate of drug-likeness (QED) is 0.0580. The maximum absolute atomic E-state index is 14.0. The number of hydrogen-bond donors (Lipinski definition) is 3. The van der Waals surface area contributed by atoms with Crippen molar-refractivity contribution in [1.82, 2.24) is 25.6 Å². The van der Waals surface area contributed by atoms with Gasteiger partial charge in [-0.2, -0.15) is 5.10 Å². The summed E-state index contributed by atoms with van der Waals surface area (Å²) in [6.45, 7) is 3.87. The second-order valence-corrected chi connectivity index (χ2v) is 15.1. The second-order valence-electron chi connectivity index (χ2n) is 15.1. The average Bonchev–Trinajstić information content (AvgIpc) is 3.90. The SMILES string of the molecule is C/C(=N/NC(=O)[C@H](Cc1cn(C(c2ccccc2)(c2ccccc2)c2ccccc2)cn1)NC(=O)OCC1c2ccccc2-c2ccccc21)C(=O)NCc1ccc(C)cc1. The molecule has 8 rings (SSSR count). The fourth-order valence-electron chi connectivity index (χ4n) is 8.12. The number of carbonyl (C=O) groups is 3. The zero-order valence-corrected chi connectivity index (χ0v) is 34.0. The monoisotopic (exact) mass is 806 g/mol. The number of carbonyl (C=O) groups excluding carboxylic acids is 3. The lowest BCUT2D eigenvalue weighted by molar-refractivity contribution is -0.123. The van der Waals surface area contributed by atoms with Gasteiger partial charge in [0, 0.05) is 25.1 Å². The lowest BCUT2D eigenvalue weighted by atomic mass is 9.77. The number of fused-ring (bicyclic) bond motifs is 3. The van der Waals surface area contributed by atoms with Gasteiger partial charge in [-0.25, -0.2) is 15.2 Å². The maximum atomic E-state index is 14.0. The minimum atomic E-state index is -1.18. The number of aromatic nitrogens is 2. The highest BCUT2D eigenvalue weighted by Gasteiger charge is 2.39. The molecule has 1 aliphatic rings. The zero-order chi connectivity index (χ0) is 42.2. The minimum Gasteiger partial charge on any atom is -0.449 e. The highest BCUT2D eigenvalue weighted by molar-refractivity contribution is 6.37. The Morgan fingerprint density at radius 1 is 0.721 bits per heavy atom. The van der Waals surface area contributed by atoms with Crippen LogP contribution in [0.5, 0.6) is 0 Å². The van der Waals surface area contributed by atoms with Crippen LogP contribution in [0.3, 0.4) is 0 Å². The summed E-state index contributed by atoms with van der Waals surface area (Å²) >= 11 is 0. The highest BCUT2D eigenvalue weighted by Crippen LogP contribution is 2.45. The van der Waals surface area contributed by atoms with Crippen molar-refractivity contribution in [3.05, 3.63) is 221 Å². The van der Waals surface area contributed by atoms with Crippen LogP contribution in [0, 0.1) is 6.92 Å². The summed E-state index contributed by atoms with van der Waals surface area (Å²) in [5, 5.41) is 9.76. The first-order valence-electron chi connectivity index (χ1n) is 20.3. The molecule has 1 heterocycles. The van der Waals surface area contributed by atoms with Crippen LogP contribution in [0.25, 0.3) is 11.1 Å². The normalized spacial score (nSPS) is 12.8. The van der Waals surface area contributed by atoms with E-state index < -0.39 is 29.5 Å². The van der Waals surface area contributed by atoms with Gasteiger partial charge in [-0.05, 0) is 58.4 Å². The average molecular weight is 807 g/mol. The van der Waals surface area contributed by atoms with E-state index in [0.717, 1.165) is 50.1 Å². The standard InChI is InChI=1S/C51H46N6O4/c1-35-26-28-37(29-27-35)31-52-48(58)36(2)55-56-49(59)47(54-50(60)61-33-46-44-24-14-12-22-42(44)43-23-13-15-25-45(43)46)30-41-32-57(34-53-41)51(38-16-6-3-7-17-38,39-18-8-4-9-19-39)40-20-10-5-11-21-40/h3-29,32,34,46-47H,30-31,33H2,1-2H3,(H,52,58)(H,54,60)(H,56,59)/b55-36-/t47-/m0/s1. The third-order valence-electron chi connectivity index (χ3n) is 11.2. The number of imidazole rings is 1. The molecule has 3 amide bonds. The molecular weight excluding hydrogens is 761 g/mol. The molecule has 0 fully saturated rings. The summed E-state index contributed by atoms with van der Waals surface area (Å²) in [5.74, 6) is -1.26. The van der Waals surface area contributed by atoms with E-state index in [2.05, 4.69) is 69.7 Å². The zero-order valence-electron chi connectivity index (χ0n) is 34.0. The fraction of sp³-hybridized carbons (Fsp3) is 0.157. The summed E-state index contributed by atoms with van der Waals surface area (Å²) in [6.07, 6.45) is 2.88. The molecule has 0 spiro atoms. The molecule has 0 radical (unpaired) electrons. The van der Waals surface area contributed by atoms with E-state index in [1.165, 1.54) is 6.92 Å². The lowest BCUT2D eigenvalue weighted by Crippen LogP contribution is -2.47. The van der Waals surface area contributed by atoms with Crippen LogP contribution in [-0.4, -0.2) is 45.8 Å². The molecule has 0 unspecified atom stereocenters. The van der Waals surface area contributed by atoms with E-state index in [0.29, 0.717) is 12.2 Å². The number of amides is 3. The topological polar surface area (TPSA) is 127 Å². The molecular formula is C51H46N6O4. The molecule has 10 nitrogen and oxygen atoms in total. The predicted octanol–water partition coefficient (Wildman–Crippen LogP) is 8.29. The van der Waals surface area contributed by atoms with E-state index in [1.807, 2.05) is 133 Å². The van der Waals surface area contributed by atoms with E-state index in [1.54, 1.807) is 6.33 Å². The van der Waals surface area contributed by atoms with Crippen LogP contribution in [0.2, 0.25) is 0 Å². The first-order chi connectivity index (χ1) is 29.8. The van der Waals surface area contributed by atoms with Crippen LogP contribution in [0.4, 0.5) is 4.79 Å². The van der Waals surface area contributed by atoms with Crippen molar-refractivity contribution >= 4 is 23.6 Å². The molecule has 10 heteroatoms. The van der Waals surface area contributed by atoms with Gasteiger partial charge in [-0.1, -0.05) is 169 Å². The third kappa shape index (κ3) is 8.60. The first-order valence-corrected chi connectivity index (χ1v) is 20.3. The molecule has 0 saturated heterocycles. The summed E-state index contributed by atoms with van der Waals surface area (Å²) in [6, 6.07) is 53.4. The van der Waals surface area contributed by atoms with Gasteiger partial charge in [0.25, 0.3) is 11.8 Å². The summed E-state index contributed by atoms with van der Waals surface area (Å²) in [5.41, 5.74) is 11.7. The van der Waals surface area contributed by atoms with E-state index in [9.17, 15) is 14.4 Å². The smallest absolute Gasteiger partial charge is 0.407 e. The highest BCUT2D eigenvalue weighted by atomic mass is 16.5. The Balaban J connectivity index is 1.06. The van der Waals surface area contributed by atoms with E-state index >= 15 is 0 Å². The molecule has 1 aliphatic carbocycles. The minimum absolute atomic E-state index is 0.00827. The molecule has 3 N–H and O–H groups in total. The number of hydrogen-bond acceptors (Lipinski definition) is 6. The van der Waals surface area contributed by atoms with Crippen LogP contribution in [-0.2, 0) is 32.8 Å². The Morgan fingerprint density at radius 3 is 1.80 bits per heavy atom. The maximum Gasteiger partial charge on any atom is 0.407 e. The number of nitrogens with zero attached hydrogens (tertiary/aromatic N) is 3. The summed E-state index contributed by atoms with van der Waals surface area (Å²) in [4.78, 5) is 45.5. The molecule has 0 bridgehead atoms. The second kappa shape index (κ2) is 18.1. The number of alkyl carbamates (subject to hydrolysis) is 1. The Hall–Kier alpha value is -7.59. The van der Waals surface area contributed by atoms with Gasteiger partial charge in [0.1, 0.15) is 23.9 Å². The fourth-order valence-corrected chi connectivity index (χ4v) is 8.12. The number of nitrogens with one attached hydrogen (secondary N) is 3. The Labute approximate surface area is 355 Å². The van der Waals surface area contributed by atoms with Crippen molar-refractivity contribution in [2.45, 2.75) is 44.3 Å². The van der Waals surface area contributed by atoms with Crippen molar-refractivity contribution in [2.75, 3.05) is 6.61 Å².